The van der Waals surface area contributed by atoms with Gasteiger partial charge >= 0.3 is 6.18 Å². The van der Waals surface area contributed by atoms with E-state index in [1.54, 1.807) is 23.5 Å². The number of aromatic nitrogens is 2. The molecule has 0 bridgehead atoms. The summed E-state index contributed by atoms with van der Waals surface area (Å²) in [4.78, 5) is 9.81. The van der Waals surface area contributed by atoms with Gasteiger partial charge in [-0.05, 0) is 55.0 Å². The van der Waals surface area contributed by atoms with Crippen LogP contribution in [0.4, 0.5) is 23.4 Å². The van der Waals surface area contributed by atoms with Gasteiger partial charge in [0.15, 0.2) is 0 Å². The molecule has 3 nitrogen and oxygen atoms in total. The zero-order chi connectivity index (χ0) is 21.5. The molecular weight excluding hydrogens is 434 g/mol. The van der Waals surface area contributed by atoms with Crippen molar-refractivity contribution in [1.29, 1.82) is 0 Å². The summed E-state index contributed by atoms with van der Waals surface area (Å²) in [7, 11) is 0. The van der Waals surface area contributed by atoms with Gasteiger partial charge in [0.2, 0.25) is 0 Å². The minimum Gasteiger partial charge on any atom is -0.370 e. The van der Waals surface area contributed by atoms with E-state index >= 15 is 0 Å². The molecule has 0 aliphatic heterocycles. The normalized spacial score (nSPS) is 11.9. The third-order valence-electron chi connectivity index (χ3n) is 4.77. The molecule has 156 valence electrons. The lowest BCUT2D eigenvalue weighted by Crippen LogP contribution is -2.07. The Morgan fingerprint density at radius 2 is 1.87 bits per heavy atom. The molecule has 0 aliphatic carbocycles. The van der Waals surface area contributed by atoms with Crippen molar-refractivity contribution in [1.82, 2.24) is 9.97 Å². The molecular formula is C21H17F4N3S2. The summed E-state index contributed by atoms with van der Waals surface area (Å²) < 4.78 is 53.4. The fourth-order valence-corrected chi connectivity index (χ4v) is 5.36. The van der Waals surface area contributed by atoms with E-state index in [0.29, 0.717) is 29.4 Å². The number of thiophene rings is 2. The maximum atomic E-state index is 13.9. The van der Waals surface area contributed by atoms with Crippen molar-refractivity contribution in [3.8, 4) is 10.6 Å². The summed E-state index contributed by atoms with van der Waals surface area (Å²) in [6.45, 7) is 4.48. The predicted octanol–water partition coefficient (Wildman–Crippen LogP) is 6.85. The monoisotopic (exact) mass is 451 g/mol. The van der Waals surface area contributed by atoms with Crippen molar-refractivity contribution in [2.45, 2.75) is 26.4 Å². The summed E-state index contributed by atoms with van der Waals surface area (Å²) in [5.74, 6) is 0.281. The molecule has 3 aromatic heterocycles. The first-order chi connectivity index (χ1) is 14.2. The van der Waals surface area contributed by atoms with Crippen LogP contribution >= 0.6 is 22.7 Å². The van der Waals surface area contributed by atoms with E-state index in [-0.39, 0.29) is 5.82 Å². The first kappa shape index (κ1) is 20.7. The molecule has 1 N–H and O–H groups in total. The molecule has 30 heavy (non-hydrogen) atoms. The predicted molar refractivity (Wildman–Crippen MR) is 114 cm³/mol. The fourth-order valence-electron chi connectivity index (χ4n) is 3.33. The molecule has 4 aromatic rings. The highest BCUT2D eigenvalue weighted by Gasteiger charge is 2.31. The van der Waals surface area contributed by atoms with Crippen molar-refractivity contribution in [3.05, 3.63) is 63.4 Å². The van der Waals surface area contributed by atoms with E-state index in [0.717, 1.165) is 48.9 Å². The SMILES string of the molecule is Cc1sc2c(C)cc(F)cc2c1CCNc1cc(-c2cc(C(F)(F)F)cs2)ncn1. The highest BCUT2D eigenvalue weighted by molar-refractivity contribution is 7.19. The van der Waals surface area contributed by atoms with Gasteiger partial charge in [0.1, 0.15) is 18.0 Å². The van der Waals surface area contributed by atoms with Crippen LogP contribution in [0.2, 0.25) is 0 Å². The van der Waals surface area contributed by atoms with Crippen LogP contribution < -0.4 is 5.32 Å². The Bertz CT molecular complexity index is 1210. The summed E-state index contributed by atoms with van der Waals surface area (Å²) in [5.41, 5.74) is 1.76. The van der Waals surface area contributed by atoms with E-state index in [1.165, 1.54) is 12.4 Å². The number of fused-ring (bicyclic) bond motifs is 1. The van der Waals surface area contributed by atoms with Gasteiger partial charge in [-0.2, -0.15) is 13.2 Å². The van der Waals surface area contributed by atoms with Gasteiger partial charge in [0.25, 0.3) is 0 Å². The van der Waals surface area contributed by atoms with E-state index in [1.807, 2.05) is 13.8 Å². The first-order valence-electron chi connectivity index (χ1n) is 9.12. The topological polar surface area (TPSA) is 37.8 Å². The second-order valence-electron chi connectivity index (χ2n) is 6.90. The van der Waals surface area contributed by atoms with Crippen LogP contribution in [0.25, 0.3) is 20.7 Å². The highest BCUT2D eigenvalue weighted by Crippen LogP contribution is 2.36. The molecule has 4 rings (SSSR count). The zero-order valence-corrected chi connectivity index (χ0v) is 17.7. The minimum absolute atomic E-state index is 0.248. The maximum Gasteiger partial charge on any atom is 0.417 e. The number of anilines is 1. The largest absolute Gasteiger partial charge is 0.417 e. The van der Waals surface area contributed by atoms with Gasteiger partial charge < -0.3 is 5.32 Å². The zero-order valence-electron chi connectivity index (χ0n) is 16.1. The van der Waals surface area contributed by atoms with Gasteiger partial charge in [-0.15, -0.1) is 22.7 Å². The van der Waals surface area contributed by atoms with Gasteiger partial charge in [-0.1, -0.05) is 0 Å². The molecule has 0 saturated heterocycles. The molecule has 0 amide bonds. The molecule has 0 saturated carbocycles. The summed E-state index contributed by atoms with van der Waals surface area (Å²) in [5, 5.41) is 5.20. The van der Waals surface area contributed by atoms with E-state index in [2.05, 4.69) is 15.3 Å². The van der Waals surface area contributed by atoms with Crippen molar-refractivity contribution in [2.75, 3.05) is 11.9 Å². The Balaban J connectivity index is 1.49. The maximum absolute atomic E-state index is 13.9. The third-order valence-corrected chi connectivity index (χ3v) is 7.02. The van der Waals surface area contributed by atoms with Gasteiger partial charge in [-0.3, -0.25) is 0 Å². The standard InChI is InChI=1S/C21H17F4N3S2/c1-11-5-14(22)7-16-15(12(2)30-20(11)16)3-4-26-19-8-17(27-10-28-19)18-6-13(9-29-18)21(23,24)25/h5-10H,3-4H2,1-2H3,(H,26,27,28). The Kier molecular flexibility index (Phi) is 5.50. The lowest BCUT2D eigenvalue weighted by molar-refractivity contribution is -0.137. The molecule has 1 aromatic carbocycles. The number of halogens is 4. The summed E-state index contributed by atoms with van der Waals surface area (Å²) >= 11 is 2.65. The molecule has 3 heterocycles. The number of benzene rings is 1. The van der Waals surface area contributed by atoms with Gasteiger partial charge in [0, 0.05) is 27.6 Å². The smallest absolute Gasteiger partial charge is 0.370 e. The second-order valence-corrected chi connectivity index (χ2v) is 9.03. The lowest BCUT2D eigenvalue weighted by Gasteiger charge is -2.07. The van der Waals surface area contributed by atoms with Crippen LogP contribution in [-0.2, 0) is 12.6 Å². The van der Waals surface area contributed by atoms with Crippen LogP contribution in [-0.4, -0.2) is 16.5 Å². The molecule has 0 aliphatic rings. The number of nitrogens with zero attached hydrogens (tertiary/aromatic N) is 2. The van der Waals surface area contributed by atoms with E-state index in [9.17, 15) is 17.6 Å². The van der Waals surface area contributed by atoms with Crippen LogP contribution in [0, 0.1) is 19.7 Å². The van der Waals surface area contributed by atoms with Crippen molar-refractivity contribution < 1.29 is 17.6 Å². The van der Waals surface area contributed by atoms with Crippen LogP contribution in [0.5, 0.6) is 0 Å². The van der Waals surface area contributed by atoms with E-state index < -0.39 is 11.7 Å². The first-order valence-corrected chi connectivity index (χ1v) is 10.8. The molecule has 0 radical (unpaired) electrons. The van der Waals surface area contributed by atoms with Crippen molar-refractivity contribution >= 4 is 38.6 Å². The highest BCUT2D eigenvalue weighted by atomic mass is 32.1. The third kappa shape index (κ3) is 4.17. The Hall–Kier alpha value is -2.52. The Labute approximate surface area is 178 Å². The van der Waals surface area contributed by atoms with Gasteiger partial charge in [-0.25, -0.2) is 14.4 Å². The number of hydrogen-bond donors (Lipinski definition) is 1. The number of rotatable bonds is 5. The van der Waals surface area contributed by atoms with Crippen LogP contribution in [0.3, 0.4) is 0 Å². The average Bonchev–Trinajstić information content (AvgIpc) is 3.28. The van der Waals surface area contributed by atoms with Crippen molar-refractivity contribution in [3.63, 3.8) is 0 Å². The second kappa shape index (κ2) is 7.96. The molecule has 0 fully saturated rings. The average molecular weight is 452 g/mol. The van der Waals surface area contributed by atoms with Crippen LogP contribution in [0.15, 0.2) is 36.0 Å². The molecule has 0 spiro atoms. The minimum atomic E-state index is -4.37. The summed E-state index contributed by atoms with van der Waals surface area (Å²) in [6, 6.07) is 5.83. The Morgan fingerprint density at radius 3 is 2.60 bits per heavy atom. The van der Waals surface area contributed by atoms with Crippen LogP contribution in [0.1, 0.15) is 21.6 Å². The quantitative estimate of drug-likeness (QED) is 0.337. The molecule has 0 unspecified atom stereocenters. The van der Waals surface area contributed by atoms with Crippen molar-refractivity contribution in [2.24, 2.45) is 0 Å². The van der Waals surface area contributed by atoms with Gasteiger partial charge in [0.05, 0.1) is 16.1 Å². The number of alkyl halides is 3. The number of nitrogens with one attached hydrogen (secondary N) is 1. The molecule has 0 atom stereocenters. The summed E-state index contributed by atoms with van der Waals surface area (Å²) in [6.07, 6.45) is -2.37. The fraction of sp³-hybridized carbons (Fsp3) is 0.238. The number of hydrogen-bond acceptors (Lipinski definition) is 5. The van der Waals surface area contributed by atoms with E-state index in [4.69, 9.17) is 0 Å². The Morgan fingerprint density at radius 1 is 1.07 bits per heavy atom. The molecule has 9 heteroatoms. The number of aryl methyl sites for hydroxylation is 2. The lowest BCUT2D eigenvalue weighted by atomic mass is 10.1.